The predicted octanol–water partition coefficient (Wildman–Crippen LogP) is -0.762. The Bertz CT molecular complexity index is 291. The maximum Gasteiger partial charge on any atom is 0.371 e. The van der Waals surface area contributed by atoms with Crippen LogP contribution in [0.4, 0.5) is 0 Å². The van der Waals surface area contributed by atoms with Gasteiger partial charge in [-0.1, -0.05) is 0 Å². The minimum atomic E-state index is -4.40. The first-order valence-corrected chi connectivity index (χ1v) is 4.46. The van der Waals surface area contributed by atoms with E-state index in [9.17, 15) is 9.46 Å². The molecule has 12 heavy (non-hydrogen) atoms. The molecule has 0 saturated heterocycles. The second-order valence-corrected chi connectivity index (χ2v) is 3.16. The molecule has 1 rings (SSSR count). The summed E-state index contributed by atoms with van der Waals surface area (Å²) in [5, 5.41) is 0. The topological polar surface area (TPSA) is 98.8 Å². The first kappa shape index (κ1) is 9.15. The Hall–Kier alpha value is -0.940. The second kappa shape index (κ2) is 3.64. The normalized spacial score (nSPS) is 15.2. The van der Waals surface area contributed by atoms with Crippen molar-refractivity contribution in [3.8, 4) is 5.88 Å². The minimum absolute atomic E-state index is 0.0429. The maximum atomic E-state index is 10.6. The molecule has 1 aromatic heterocycles. The lowest BCUT2D eigenvalue weighted by Gasteiger charge is -2.16. The molecule has 0 radical (unpaired) electrons. The molecule has 3 N–H and O–H groups in total. The van der Waals surface area contributed by atoms with Gasteiger partial charge in [-0.3, -0.25) is 4.57 Å². The highest BCUT2D eigenvalue weighted by Gasteiger charge is 2.12. The van der Waals surface area contributed by atoms with Gasteiger partial charge in [-0.15, -0.1) is 0 Å². The summed E-state index contributed by atoms with van der Waals surface area (Å²) in [5.41, 5.74) is 0. The van der Waals surface area contributed by atoms with Gasteiger partial charge in [0.15, 0.2) is 6.20 Å². The highest BCUT2D eigenvalue weighted by Crippen LogP contribution is 2.34. The third-order valence-electron chi connectivity index (χ3n) is 1.02. The Kier molecular flexibility index (Phi) is 2.78. The minimum Gasteiger partial charge on any atom is -0.745 e. The molecule has 6 nitrogen and oxygen atoms in total. The number of H-pyrrole nitrogens is 1. The highest BCUT2D eigenvalue weighted by molar-refractivity contribution is 7.46. The van der Waals surface area contributed by atoms with Crippen LogP contribution in [0, 0.1) is 0 Å². The molecule has 0 aliphatic carbocycles. The van der Waals surface area contributed by atoms with Crippen LogP contribution >= 0.6 is 7.82 Å². The fourth-order valence-corrected chi connectivity index (χ4v) is 0.973. The van der Waals surface area contributed by atoms with Crippen molar-refractivity contribution in [3.05, 3.63) is 24.4 Å². The smallest absolute Gasteiger partial charge is 0.371 e. The second-order valence-electron chi connectivity index (χ2n) is 1.87. The lowest BCUT2D eigenvalue weighted by atomic mass is 10.5. The monoisotopic (exact) mass is 190 g/mol. The molecule has 0 amide bonds. The Balaban J connectivity index is 2.71. The fraction of sp³-hybridized carbons (Fsp3) is 0. The Labute approximate surface area is 68.5 Å². The summed E-state index contributed by atoms with van der Waals surface area (Å²) in [5.74, 6) is 4.48. The van der Waals surface area contributed by atoms with Crippen molar-refractivity contribution in [2.24, 2.45) is 5.90 Å². The number of phosphoric acid groups is 1. The molecule has 66 valence electrons. The Morgan fingerprint density at radius 1 is 1.58 bits per heavy atom. The van der Waals surface area contributed by atoms with E-state index in [1.807, 2.05) is 0 Å². The van der Waals surface area contributed by atoms with E-state index in [0.717, 1.165) is 0 Å². The van der Waals surface area contributed by atoms with Crippen LogP contribution in [0.5, 0.6) is 5.88 Å². The molecule has 0 fully saturated rings. The SMILES string of the molecule is NOP(=O)([O-])Oc1cccc[nH+]1. The van der Waals surface area contributed by atoms with Gasteiger partial charge in [0.05, 0.1) is 6.07 Å². The van der Waals surface area contributed by atoms with E-state index in [-0.39, 0.29) is 5.88 Å². The number of aromatic nitrogens is 1. The van der Waals surface area contributed by atoms with Gasteiger partial charge in [0.2, 0.25) is 0 Å². The quantitative estimate of drug-likeness (QED) is 0.498. The number of aromatic amines is 1. The highest BCUT2D eigenvalue weighted by atomic mass is 31.2. The molecule has 1 unspecified atom stereocenters. The van der Waals surface area contributed by atoms with Gasteiger partial charge in [-0.2, -0.15) is 4.98 Å². The van der Waals surface area contributed by atoms with Crippen LogP contribution in [-0.4, -0.2) is 0 Å². The average molecular weight is 190 g/mol. The molecule has 1 heterocycles. The number of hydrogen-bond acceptors (Lipinski definition) is 5. The number of phosphoric ester groups is 1. The molecule has 0 aliphatic heterocycles. The van der Waals surface area contributed by atoms with Crippen molar-refractivity contribution in [1.82, 2.24) is 0 Å². The lowest BCUT2D eigenvalue weighted by molar-refractivity contribution is -0.391. The zero-order chi connectivity index (χ0) is 9.03. The zero-order valence-corrected chi connectivity index (χ0v) is 6.86. The van der Waals surface area contributed by atoms with Crippen LogP contribution in [0.2, 0.25) is 0 Å². The van der Waals surface area contributed by atoms with Gasteiger partial charge in [0.1, 0.15) is 0 Å². The summed E-state index contributed by atoms with van der Waals surface area (Å²) in [6, 6.07) is 4.69. The van der Waals surface area contributed by atoms with E-state index in [0.29, 0.717) is 0 Å². The average Bonchev–Trinajstić information content (AvgIpc) is 2.06. The zero-order valence-electron chi connectivity index (χ0n) is 5.97. The molecule has 1 atom stereocenters. The van der Waals surface area contributed by atoms with E-state index < -0.39 is 7.82 Å². The number of rotatable bonds is 3. The number of pyridine rings is 1. The molecule has 0 aromatic carbocycles. The van der Waals surface area contributed by atoms with Gasteiger partial charge in [0.25, 0.3) is 0 Å². The number of nitrogens with one attached hydrogen (secondary N) is 1. The van der Waals surface area contributed by atoms with Gasteiger partial charge >= 0.3 is 13.7 Å². The van der Waals surface area contributed by atoms with Crippen LogP contribution in [-0.2, 0) is 9.19 Å². The van der Waals surface area contributed by atoms with Crippen LogP contribution in [0.1, 0.15) is 0 Å². The first-order valence-electron chi connectivity index (χ1n) is 3.00. The van der Waals surface area contributed by atoms with Crippen molar-refractivity contribution < 1.29 is 23.6 Å². The third-order valence-corrected chi connectivity index (χ3v) is 1.70. The Morgan fingerprint density at radius 3 is 2.83 bits per heavy atom. The molecule has 0 spiro atoms. The first-order chi connectivity index (χ1) is 5.64. The van der Waals surface area contributed by atoms with Crippen LogP contribution in [0.3, 0.4) is 0 Å². The molecule has 7 heteroatoms. The van der Waals surface area contributed by atoms with Crippen LogP contribution in [0.15, 0.2) is 24.4 Å². The van der Waals surface area contributed by atoms with E-state index in [1.165, 1.54) is 12.3 Å². The molecule has 0 bridgehead atoms. The standard InChI is InChI=1S/C5H7N2O4P/c6-11-12(8,9)10-5-3-1-2-4-7-5/h1-4H,6H2,(H,8,9). The van der Waals surface area contributed by atoms with Gasteiger partial charge in [-0.25, -0.2) is 10.5 Å². The van der Waals surface area contributed by atoms with E-state index >= 15 is 0 Å². The summed E-state index contributed by atoms with van der Waals surface area (Å²) < 4.78 is 18.6. The van der Waals surface area contributed by atoms with Crippen molar-refractivity contribution in [2.45, 2.75) is 0 Å². The summed E-state index contributed by atoms with van der Waals surface area (Å²) in [6.45, 7) is 0. The number of hydrogen-bond donors (Lipinski definition) is 1. The molecule has 0 aliphatic rings. The fourth-order valence-electron chi connectivity index (χ4n) is 0.576. The van der Waals surface area contributed by atoms with E-state index in [1.54, 1.807) is 12.1 Å². The largest absolute Gasteiger partial charge is 0.745 e. The predicted molar refractivity (Wildman–Crippen MR) is 36.5 cm³/mol. The summed E-state index contributed by atoms with van der Waals surface area (Å²) in [4.78, 5) is 13.1. The summed E-state index contributed by atoms with van der Waals surface area (Å²) >= 11 is 0. The molecular formula is C5H7N2O4P. The third kappa shape index (κ3) is 2.60. The van der Waals surface area contributed by atoms with Gasteiger partial charge < -0.3 is 9.42 Å². The van der Waals surface area contributed by atoms with Gasteiger partial charge in [0, 0.05) is 6.07 Å². The molecule has 1 aromatic rings. The van der Waals surface area contributed by atoms with E-state index in [4.69, 9.17) is 0 Å². The van der Waals surface area contributed by atoms with Crippen LogP contribution in [0.25, 0.3) is 0 Å². The maximum absolute atomic E-state index is 10.6. The van der Waals surface area contributed by atoms with E-state index in [2.05, 4.69) is 20.0 Å². The van der Waals surface area contributed by atoms with Crippen molar-refractivity contribution >= 4 is 7.82 Å². The lowest BCUT2D eigenvalue weighted by Crippen LogP contribution is -2.17. The van der Waals surface area contributed by atoms with Crippen LogP contribution < -0.4 is 20.3 Å². The summed E-state index contributed by atoms with van der Waals surface area (Å²) in [6.07, 6.45) is 1.51. The molecular weight excluding hydrogens is 183 g/mol. The van der Waals surface area contributed by atoms with Gasteiger partial charge in [-0.05, 0) is 6.07 Å². The summed E-state index contributed by atoms with van der Waals surface area (Å²) in [7, 11) is -4.40. The van der Waals surface area contributed by atoms with Crippen molar-refractivity contribution in [1.29, 1.82) is 0 Å². The Morgan fingerprint density at radius 2 is 2.33 bits per heavy atom. The molecule has 0 saturated carbocycles. The van der Waals surface area contributed by atoms with Crippen molar-refractivity contribution in [3.63, 3.8) is 0 Å². The van der Waals surface area contributed by atoms with Crippen molar-refractivity contribution in [2.75, 3.05) is 0 Å². The number of nitrogens with two attached hydrogens (primary N) is 1.